The van der Waals surface area contributed by atoms with Crippen LogP contribution in [0.2, 0.25) is 0 Å². The van der Waals surface area contributed by atoms with E-state index < -0.39 is 0 Å². The molecule has 0 saturated carbocycles. The van der Waals surface area contributed by atoms with Crippen molar-refractivity contribution < 1.29 is 9.59 Å². The Hall–Kier alpha value is -2.70. The molecule has 0 atom stereocenters. The van der Waals surface area contributed by atoms with E-state index in [1.54, 1.807) is 12.4 Å². The normalized spacial score (nSPS) is 13.1. The number of amides is 2. The van der Waals surface area contributed by atoms with E-state index in [0.717, 1.165) is 49.9 Å². The molecule has 138 valence electrons. The predicted octanol–water partition coefficient (Wildman–Crippen LogP) is 2.07. The monoisotopic (exact) mass is 355 g/mol. The summed E-state index contributed by atoms with van der Waals surface area (Å²) in [6, 6.07) is 3.73. The minimum atomic E-state index is -0.260. The van der Waals surface area contributed by atoms with Crippen LogP contribution in [0.5, 0.6) is 0 Å². The van der Waals surface area contributed by atoms with E-state index in [9.17, 15) is 9.59 Å². The van der Waals surface area contributed by atoms with Gasteiger partial charge in [-0.3, -0.25) is 14.6 Å². The molecule has 0 unspecified atom stereocenters. The van der Waals surface area contributed by atoms with Crippen LogP contribution < -0.4 is 10.6 Å². The lowest BCUT2D eigenvalue weighted by Crippen LogP contribution is -2.27. The topological polar surface area (TPSA) is 88.9 Å². The summed E-state index contributed by atoms with van der Waals surface area (Å²) in [4.78, 5) is 33.6. The van der Waals surface area contributed by atoms with Crippen LogP contribution in [0.3, 0.4) is 0 Å². The summed E-state index contributed by atoms with van der Waals surface area (Å²) in [6.45, 7) is 3.81. The fraction of sp³-hybridized carbons (Fsp3) is 0.474. The van der Waals surface area contributed by atoms with Crippen molar-refractivity contribution in [2.24, 2.45) is 0 Å². The number of nitrogens with zero attached hydrogens (tertiary/aromatic N) is 3. The second-order valence-corrected chi connectivity index (χ2v) is 6.49. The first-order valence-electron chi connectivity index (χ1n) is 9.25. The maximum Gasteiger partial charge on any atom is 0.287 e. The Labute approximate surface area is 153 Å². The van der Waals surface area contributed by atoms with E-state index in [1.807, 2.05) is 16.7 Å². The van der Waals surface area contributed by atoms with Crippen molar-refractivity contribution in [3.63, 3.8) is 0 Å². The number of imidazole rings is 1. The van der Waals surface area contributed by atoms with E-state index in [4.69, 9.17) is 0 Å². The van der Waals surface area contributed by atoms with Gasteiger partial charge in [-0.05, 0) is 37.3 Å². The first-order chi connectivity index (χ1) is 12.7. The van der Waals surface area contributed by atoms with Crippen molar-refractivity contribution in [3.8, 4) is 0 Å². The number of pyridine rings is 1. The van der Waals surface area contributed by atoms with Crippen LogP contribution in [0.25, 0.3) is 0 Å². The molecule has 0 radical (unpaired) electrons. The minimum Gasteiger partial charge on any atom is -0.351 e. The number of hydrogen-bond donors (Lipinski definition) is 2. The van der Waals surface area contributed by atoms with Gasteiger partial charge in [0, 0.05) is 32.0 Å². The number of nitrogens with one attached hydrogen (secondary N) is 2. The molecule has 3 heterocycles. The maximum atomic E-state index is 12.6. The zero-order valence-corrected chi connectivity index (χ0v) is 15.1. The average molecular weight is 355 g/mol. The highest BCUT2D eigenvalue weighted by molar-refractivity contribution is 5.97. The quantitative estimate of drug-likeness (QED) is 0.744. The van der Waals surface area contributed by atoms with Gasteiger partial charge in [0.15, 0.2) is 5.82 Å². The summed E-state index contributed by atoms with van der Waals surface area (Å²) in [7, 11) is 0. The van der Waals surface area contributed by atoms with E-state index in [2.05, 4.69) is 27.5 Å². The lowest BCUT2D eigenvalue weighted by atomic mass is 10.1. The number of carbonyl (C=O) groups excluding carboxylic acids is 2. The van der Waals surface area contributed by atoms with E-state index in [0.29, 0.717) is 24.6 Å². The van der Waals surface area contributed by atoms with E-state index in [-0.39, 0.29) is 11.8 Å². The van der Waals surface area contributed by atoms with Crippen LogP contribution in [0.4, 0.5) is 0 Å². The summed E-state index contributed by atoms with van der Waals surface area (Å²) < 4.78 is 1.90. The number of carbonyl (C=O) groups is 2. The molecule has 0 aliphatic carbocycles. The Balaban J connectivity index is 1.76. The van der Waals surface area contributed by atoms with Gasteiger partial charge in [0.05, 0.1) is 5.69 Å². The van der Waals surface area contributed by atoms with Crippen LogP contribution in [0.1, 0.15) is 65.0 Å². The Morgan fingerprint density at radius 3 is 2.88 bits per heavy atom. The largest absolute Gasteiger partial charge is 0.351 e. The number of aromatic nitrogens is 3. The third kappa shape index (κ3) is 4.09. The summed E-state index contributed by atoms with van der Waals surface area (Å²) in [6.07, 6.45) is 8.14. The Morgan fingerprint density at radius 2 is 2.12 bits per heavy atom. The molecular formula is C19H25N5O2. The SMILES string of the molecule is CCCCNC(=O)c1nc(C(=O)NCc2cccnc2)n2c1CCCC2. The summed E-state index contributed by atoms with van der Waals surface area (Å²) >= 11 is 0. The van der Waals surface area contributed by atoms with Gasteiger partial charge >= 0.3 is 0 Å². The van der Waals surface area contributed by atoms with Gasteiger partial charge in [-0.25, -0.2) is 4.98 Å². The average Bonchev–Trinajstić information content (AvgIpc) is 3.07. The van der Waals surface area contributed by atoms with Crippen molar-refractivity contribution in [1.29, 1.82) is 0 Å². The van der Waals surface area contributed by atoms with Gasteiger partial charge in [0.2, 0.25) is 0 Å². The Morgan fingerprint density at radius 1 is 1.23 bits per heavy atom. The molecule has 1 aliphatic rings. The Kier molecular flexibility index (Phi) is 5.99. The highest BCUT2D eigenvalue weighted by Gasteiger charge is 2.27. The molecule has 1 aliphatic heterocycles. The number of fused-ring (bicyclic) bond motifs is 1. The van der Waals surface area contributed by atoms with Gasteiger partial charge < -0.3 is 15.2 Å². The van der Waals surface area contributed by atoms with E-state index >= 15 is 0 Å². The fourth-order valence-corrected chi connectivity index (χ4v) is 3.12. The number of rotatable bonds is 7. The molecule has 0 saturated heterocycles. The maximum absolute atomic E-state index is 12.6. The van der Waals surface area contributed by atoms with E-state index in [1.165, 1.54) is 0 Å². The zero-order valence-electron chi connectivity index (χ0n) is 15.1. The molecule has 2 amide bonds. The Bertz CT molecular complexity index is 770. The number of unbranched alkanes of at least 4 members (excludes halogenated alkanes) is 1. The van der Waals surface area contributed by atoms with Crippen LogP contribution in [0, 0.1) is 0 Å². The molecule has 0 aromatic carbocycles. The molecule has 2 aromatic heterocycles. The third-order valence-corrected chi connectivity index (χ3v) is 4.53. The first-order valence-corrected chi connectivity index (χ1v) is 9.25. The third-order valence-electron chi connectivity index (χ3n) is 4.53. The standard InChI is InChI=1S/C19H25N5O2/c1-2-3-10-21-18(25)16-15-8-4-5-11-24(15)17(23-16)19(26)22-13-14-7-6-9-20-12-14/h6-7,9,12H,2-5,8,10-11,13H2,1H3,(H,21,25)(H,22,26). The van der Waals surface area contributed by atoms with Crippen LogP contribution in [-0.4, -0.2) is 32.9 Å². The lowest BCUT2D eigenvalue weighted by molar-refractivity contribution is 0.0935. The molecule has 7 nitrogen and oxygen atoms in total. The summed E-state index contributed by atoms with van der Waals surface area (Å²) in [5.74, 6) is -0.121. The predicted molar refractivity (Wildman–Crippen MR) is 97.8 cm³/mol. The molecule has 2 N–H and O–H groups in total. The smallest absolute Gasteiger partial charge is 0.287 e. The van der Waals surface area contributed by atoms with Crippen molar-refractivity contribution in [2.75, 3.05) is 6.54 Å². The van der Waals surface area contributed by atoms with Gasteiger partial charge in [-0.1, -0.05) is 19.4 Å². The molecular weight excluding hydrogens is 330 g/mol. The fourth-order valence-electron chi connectivity index (χ4n) is 3.12. The second-order valence-electron chi connectivity index (χ2n) is 6.49. The minimum absolute atomic E-state index is 0.185. The van der Waals surface area contributed by atoms with Crippen molar-refractivity contribution in [1.82, 2.24) is 25.2 Å². The number of hydrogen-bond acceptors (Lipinski definition) is 4. The highest BCUT2D eigenvalue weighted by atomic mass is 16.2. The molecule has 26 heavy (non-hydrogen) atoms. The molecule has 3 rings (SSSR count). The molecule has 7 heteroatoms. The van der Waals surface area contributed by atoms with Gasteiger partial charge in [-0.2, -0.15) is 0 Å². The van der Waals surface area contributed by atoms with Crippen LogP contribution in [-0.2, 0) is 19.5 Å². The molecule has 0 fully saturated rings. The molecule has 0 bridgehead atoms. The van der Waals surface area contributed by atoms with Crippen molar-refractivity contribution in [3.05, 3.63) is 47.3 Å². The highest BCUT2D eigenvalue weighted by Crippen LogP contribution is 2.21. The van der Waals surface area contributed by atoms with Gasteiger partial charge in [0.25, 0.3) is 11.8 Å². The first kappa shape index (κ1) is 18.1. The lowest BCUT2D eigenvalue weighted by Gasteiger charge is -2.17. The van der Waals surface area contributed by atoms with Crippen LogP contribution in [0.15, 0.2) is 24.5 Å². The summed E-state index contributed by atoms with van der Waals surface area (Å²) in [5, 5.41) is 5.78. The molecule has 2 aromatic rings. The van der Waals surface area contributed by atoms with Crippen LogP contribution >= 0.6 is 0 Å². The zero-order chi connectivity index (χ0) is 18.4. The molecule has 0 spiro atoms. The van der Waals surface area contributed by atoms with Crippen molar-refractivity contribution in [2.45, 2.75) is 52.1 Å². The van der Waals surface area contributed by atoms with Gasteiger partial charge in [0.1, 0.15) is 5.69 Å². The van der Waals surface area contributed by atoms with Gasteiger partial charge in [-0.15, -0.1) is 0 Å². The summed E-state index contributed by atoms with van der Waals surface area (Å²) in [5.41, 5.74) is 2.19. The second kappa shape index (κ2) is 8.60. The van der Waals surface area contributed by atoms with Crippen molar-refractivity contribution >= 4 is 11.8 Å².